The Morgan fingerprint density at radius 2 is 2.70 bits per heavy atom. The van der Waals surface area contributed by atoms with E-state index in [1.807, 2.05) is 12.2 Å². The van der Waals surface area contributed by atoms with Crippen LogP contribution in [0, 0.1) is 0 Å². The van der Waals surface area contributed by atoms with E-state index >= 15 is 0 Å². The number of ether oxygens (including phenoxy) is 1. The molecule has 1 N–H and O–H groups in total. The van der Waals surface area contributed by atoms with Crippen LogP contribution < -0.4 is 5.32 Å². The van der Waals surface area contributed by atoms with Crippen LogP contribution in [0.2, 0.25) is 0 Å². The third-order valence-corrected chi connectivity index (χ3v) is 1.32. The molecule has 1 aliphatic heterocycles. The first-order valence-corrected chi connectivity index (χ1v) is 3.41. The van der Waals surface area contributed by atoms with E-state index in [1.54, 1.807) is 6.92 Å². The molecule has 0 saturated carbocycles. The first-order valence-electron chi connectivity index (χ1n) is 3.41. The maximum Gasteiger partial charge on any atom is 0.327 e. The fourth-order valence-corrected chi connectivity index (χ4v) is 0.861. The second kappa shape index (κ2) is 3.37. The summed E-state index contributed by atoms with van der Waals surface area (Å²) in [6, 6.07) is -0.208. The van der Waals surface area contributed by atoms with Crippen molar-refractivity contribution in [2.24, 2.45) is 0 Å². The second-order valence-electron chi connectivity index (χ2n) is 2.07. The predicted molar refractivity (Wildman–Crippen MR) is 37.6 cm³/mol. The van der Waals surface area contributed by atoms with Crippen LogP contribution in [0.15, 0.2) is 12.2 Å². The van der Waals surface area contributed by atoms with Gasteiger partial charge in [-0.15, -0.1) is 0 Å². The van der Waals surface area contributed by atoms with E-state index in [9.17, 15) is 4.79 Å². The molecule has 1 rings (SSSR count). The van der Waals surface area contributed by atoms with Gasteiger partial charge in [0.25, 0.3) is 0 Å². The molecular formula is C7H11NO2. The monoisotopic (exact) mass is 141 g/mol. The molecular weight excluding hydrogens is 130 g/mol. The molecule has 0 aromatic rings. The molecule has 0 saturated heterocycles. The highest BCUT2D eigenvalue weighted by Crippen LogP contribution is 1.96. The minimum atomic E-state index is -0.208. The molecule has 1 aliphatic rings. The molecule has 0 fully saturated rings. The fraction of sp³-hybridized carbons (Fsp3) is 0.571. The third kappa shape index (κ3) is 1.57. The zero-order valence-electron chi connectivity index (χ0n) is 5.96. The molecule has 0 bridgehead atoms. The van der Waals surface area contributed by atoms with Gasteiger partial charge in [-0.3, -0.25) is 10.1 Å². The van der Waals surface area contributed by atoms with E-state index in [0.717, 1.165) is 6.54 Å². The van der Waals surface area contributed by atoms with Gasteiger partial charge >= 0.3 is 5.97 Å². The lowest BCUT2D eigenvalue weighted by atomic mass is 10.3. The van der Waals surface area contributed by atoms with Crippen molar-refractivity contribution in [2.75, 3.05) is 13.2 Å². The van der Waals surface area contributed by atoms with Crippen molar-refractivity contribution in [2.45, 2.75) is 13.0 Å². The molecule has 0 aromatic heterocycles. The maximum atomic E-state index is 10.9. The normalized spacial score (nSPS) is 23.1. The first kappa shape index (κ1) is 7.28. The first-order chi connectivity index (χ1) is 4.84. The van der Waals surface area contributed by atoms with E-state index in [4.69, 9.17) is 4.74 Å². The zero-order chi connectivity index (χ0) is 7.40. The number of rotatable bonds is 2. The van der Waals surface area contributed by atoms with Gasteiger partial charge in [0.15, 0.2) is 0 Å². The topological polar surface area (TPSA) is 38.3 Å². The van der Waals surface area contributed by atoms with Crippen LogP contribution >= 0.6 is 0 Å². The summed E-state index contributed by atoms with van der Waals surface area (Å²) in [6.07, 6.45) is 3.74. The molecule has 56 valence electrons. The highest BCUT2D eigenvalue weighted by atomic mass is 16.5. The quantitative estimate of drug-likeness (QED) is 0.437. The van der Waals surface area contributed by atoms with Gasteiger partial charge in [-0.05, 0) is 6.92 Å². The van der Waals surface area contributed by atoms with Crippen molar-refractivity contribution in [1.29, 1.82) is 0 Å². The van der Waals surface area contributed by atoms with Crippen LogP contribution in [-0.2, 0) is 9.53 Å². The Hall–Kier alpha value is -0.830. The number of carbonyl (C=O) groups is 1. The van der Waals surface area contributed by atoms with Gasteiger partial charge in [-0.2, -0.15) is 0 Å². The number of hydrogen-bond acceptors (Lipinski definition) is 3. The van der Waals surface area contributed by atoms with E-state index < -0.39 is 0 Å². The maximum absolute atomic E-state index is 10.9. The van der Waals surface area contributed by atoms with Crippen molar-refractivity contribution < 1.29 is 9.53 Å². The Kier molecular flexibility index (Phi) is 2.45. The van der Waals surface area contributed by atoms with Crippen molar-refractivity contribution in [3.8, 4) is 0 Å². The molecule has 10 heavy (non-hydrogen) atoms. The van der Waals surface area contributed by atoms with Crippen LogP contribution in [0.1, 0.15) is 6.92 Å². The van der Waals surface area contributed by atoms with Gasteiger partial charge in [0, 0.05) is 6.54 Å². The van der Waals surface area contributed by atoms with Crippen molar-refractivity contribution in [3.05, 3.63) is 12.2 Å². The van der Waals surface area contributed by atoms with E-state index in [2.05, 4.69) is 5.32 Å². The van der Waals surface area contributed by atoms with Crippen LogP contribution in [0.5, 0.6) is 0 Å². The van der Waals surface area contributed by atoms with E-state index in [1.165, 1.54) is 0 Å². The van der Waals surface area contributed by atoms with Crippen molar-refractivity contribution in [1.82, 2.24) is 5.32 Å². The van der Waals surface area contributed by atoms with Crippen LogP contribution in [0.25, 0.3) is 0 Å². The average Bonchev–Trinajstić information content (AvgIpc) is 2.38. The van der Waals surface area contributed by atoms with Gasteiger partial charge in [0.1, 0.15) is 6.04 Å². The highest BCUT2D eigenvalue weighted by molar-refractivity contribution is 5.78. The molecule has 0 radical (unpaired) electrons. The summed E-state index contributed by atoms with van der Waals surface area (Å²) in [7, 11) is 0. The molecule has 3 nitrogen and oxygen atoms in total. The summed E-state index contributed by atoms with van der Waals surface area (Å²) in [5, 5.41) is 2.96. The molecule has 0 aliphatic carbocycles. The van der Waals surface area contributed by atoms with Gasteiger partial charge in [-0.1, -0.05) is 12.2 Å². The van der Waals surface area contributed by atoms with E-state index in [-0.39, 0.29) is 12.0 Å². The Bertz CT molecular complexity index is 154. The Balaban J connectivity index is 2.33. The summed E-state index contributed by atoms with van der Waals surface area (Å²) in [5.41, 5.74) is 0. The average molecular weight is 141 g/mol. The van der Waals surface area contributed by atoms with Gasteiger partial charge in [-0.25, -0.2) is 0 Å². The molecule has 0 aromatic carbocycles. The summed E-state index contributed by atoms with van der Waals surface area (Å²) >= 11 is 0. The smallest absolute Gasteiger partial charge is 0.327 e. The second-order valence-corrected chi connectivity index (χ2v) is 2.07. The fourth-order valence-electron chi connectivity index (χ4n) is 0.861. The summed E-state index contributed by atoms with van der Waals surface area (Å²) < 4.78 is 4.77. The number of hydrogen-bond donors (Lipinski definition) is 1. The SMILES string of the molecule is CCOC(=O)[C@H]1C=CCN1. The lowest BCUT2D eigenvalue weighted by molar-refractivity contribution is -0.144. The molecule has 0 amide bonds. The van der Waals surface area contributed by atoms with Crippen LogP contribution in [-0.4, -0.2) is 25.2 Å². The lowest BCUT2D eigenvalue weighted by Crippen LogP contribution is -2.32. The minimum Gasteiger partial charge on any atom is -0.465 e. The van der Waals surface area contributed by atoms with Gasteiger partial charge in [0.2, 0.25) is 0 Å². The van der Waals surface area contributed by atoms with Crippen LogP contribution in [0.3, 0.4) is 0 Å². The van der Waals surface area contributed by atoms with Crippen LogP contribution in [0.4, 0.5) is 0 Å². The molecule has 1 heterocycles. The summed E-state index contributed by atoms with van der Waals surface area (Å²) in [5.74, 6) is -0.184. The number of carbonyl (C=O) groups excluding carboxylic acids is 1. The van der Waals surface area contributed by atoms with Gasteiger partial charge in [0.05, 0.1) is 6.61 Å². The third-order valence-electron chi connectivity index (χ3n) is 1.32. The molecule has 3 heteroatoms. The molecule has 0 spiro atoms. The Morgan fingerprint density at radius 1 is 1.90 bits per heavy atom. The summed E-state index contributed by atoms with van der Waals surface area (Å²) in [4.78, 5) is 10.9. The number of esters is 1. The minimum absolute atomic E-state index is 0.184. The predicted octanol–water partition coefficient (Wildman–Crippen LogP) is 0.0775. The van der Waals surface area contributed by atoms with Crippen molar-refractivity contribution in [3.63, 3.8) is 0 Å². The Morgan fingerprint density at radius 3 is 3.20 bits per heavy atom. The number of nitrogens with one attached hydrogen (secondary N) is 1. The lowest BCUT2D eigenvalue weighted by Gasteiger charge is -2.06. The highest BCUT2D eigenvalue weighted by Gasteiger charge is 2.17. The molecule has 1 atom stereocenters. The summed E-state index contributed by atoms with van der Waals surface area (Å²) in [6.45, 7) is 3.02. The zero-order valence-corrected chi connectivity index (χ0v) is 5.96. The Labute approximate surface area is 60.1 Å². The largest absolute Gasteiger partial charge is 0.465 e. The van der Waals surface area contributed by atoms with Crippen molar-refractivity contribution >= 4 is 5.97 Å². The van der Waals surface area contributed by atoms with E-state index in [0.29, 0.717) is 6.61 Å². The molecule has 0 unspecified atom stereocenters. The van der Waals surface area contributed by atoms with Gasteiger partial charge < -0.3 is 4.74 Å². The standard InChI is InChI=1S/C7H11NO2/c1-2-10-7(9)6-4-3-5-8-6/h3-4,6,8H,2,5H2,1H3/t6-/m1/s1.